The molecule has 0 aliphatic carbocycles. The van der Waals surface area contributed by atoms with Crippen molar-refractivity contribution in [3.63, 3.8) is 0 Å². The fourth-order valence-electron chi connectivity index (χ4n) is 6.35. The lowest BCUT2D eigenvalue weighted by Gasteiger charge is -2.35. The average molecular weight is 517 g/mol. The molecule has 8 nitrogen and oxygen atoms in total. The first-order valence-corrected chi connectivity index (χ1v) is 14.0. The van der Waals surface area contributed by atoms with Crippen LogP contribution in [0, 0.1) is 0 Å². The van der Waals surface area contributed by atoms with E-state index in [9.17, 15) is 14.4 Å². The smallest absolute Gasteiger partial charge is 0.255 e. The lowest BCUT2D eigenvalue weighted by Crippen LogP contribution is -2.52. The molecule has 6 rings (SSSR count). The van der Waals surface area contributed by atoms with E-state index in [1.807, 2.05) is 12.1 Å². The van der Waals surface area contributed by atoms with Crippen LogP contribution in [0.1, 0.15) is 66.4 Å². The monoisotopic (exact) mass is 516 g/mol. The van der Waals surface area contributed by atoms with Gasteiger partial charge in [0.2, 0.25) is 11.8 Å². The van der Waals surface area contributed by atoms with Gasteiger partial charge in [0, 0.05) is 49.9 Å². The molecule has 8 heteroatoms. The fraction of sp³-hybridized carbons (Fsp3) is 0.500. The Kier molecular flexibility index (Phi) is 7.06. The van der Waals surface area contributed by atoms with Crippen LogP contribution in [-0.4, -0.2) is 65.8 Å². The maximum Gasteiger partial charge on any atom is 0.255 e. The first kappa shape index (κ1) is 24.9. The molecule has 38 heavy (non-hydrogen) atoms. The molecule has 0 radical (unpaired) electrons. The summed E-state index contributed by atoms with van der Waals surface area (Å²) in [6, 6.07) is 14.3. The lowest BCUT2D eigenvalue weighted by molar-refractivity contribution is -0.136. The van der Waals surface area contributed by atoms with Crippen molar-refractivity contribution in [2.24, 2.45) is 0 Å². The van der Waals surface area contributed by atoms with Crippen LogP contribution in [0.5, 0.6) is 5.75 Å². The number of nitrogens with zero attached hydrogens (tertiary/aromatic N) is 3. The van der Waals surface area contributed by atoms with Gasteiger partial charge in [0.15, 0.2) is 0 Å². The number of imide groups is 1. The molecule has 2 aromatic rings. The van der Waals surface area contributed by atoms with Gasteiger partial charge < -0.3 is 14.5 Å². The molecule has 2 aromatic carbocycles. The zero-order valence-corrected chi connectivity index (χ0v) is 21.9. The quantitative estimate of drug-likeness (QED) is 0.568. The fourth-order valence-corrected chi connectivity index (χ4v) is 6.35. The van der Waals surface area contributed by atoms with Crippen LogP contribution in [0.4, 0.5) is 5.69 Å². The maximum atomic E-state index is 13.0. The third-order valence-corrected chi connectivity index (χ3v) is 8.45. The molecule has 1 N–H and O–H groups in total. The second-order valence-corrected chi connectivity index (χ2v) is 11.0. The normalized spacial score (nSPS) is 24.1. The van der Waals surface area contributed by atoms with Crippen LogP contribution in [0.3, 0.4) is 0 Å². The van der Waals surface area contributed by atoms with Gasteiger partial charge in [0.05, 0.1) is 0 Å². The van der Waals surface area contributed by atoms with Crippen molar-refractivity contribution >= 4 is 23.4 Å². The van der Waals surface area contributed by atoms with Crippen molar-refractivity contribution < 1.29 is 19.1 Å². The number of rotatable bonds is 7. The molecule has 3 fully saturated rings. The number of carbonyl (C=O) groups excluding carboxylic acids is 3. The highest BCUT2D eigenvalue weighted by Crippen LogP contribution is 2.31. The minimum atomic E-state index is -0.600. The number of anilines is 1. The van der Waals surface area contributed by atoms with Crippen LogP contribution in [0.15, 0.2) is 42.5 Å². The van der Waals surface area contributed by atoms with Gasteiger partial charge >= 0.3 is 0 Å². The number of likely N-dealkylation sites (tertiary alicyclic amines) is 1. The molecule has 0 aromatic heterocycles. The van der Waals surface area contributed by atoms with Crippen molar-refractivity contribution in [2.45, 2.75) is 70.1 Å². The van der Waals surface area contributed by atoms with Gasteiger partial charge in [0.1, 0.15) is 18.4 Å². The molecule has 3 amide bonds. The Hall–Kier alpha value is -3.39. The summed E-state index contributed by atoms with van der Waals surface area (Å²) in [5.41, 5.74) is 4.17. The van der Waals surface area contributed by atoms with Crippen LogP contribution in [0.2, 0.25) is 0 Å². The van der Waals surface area contributed by atoms with E-state index in [1.54, 1.807) is 11.0 Å². The van der Waals surface area contributed by atoms with E-state index in [0.717, 1.165) is 43.9 Å². The number of carbonyl (C=O) groups is 3. The summed E-state index contributed by atoms with van der Waals surface area (Å²) in [6.45, 7) is 5.27. The highest BCUT2D eigenvalue weighted by atomic mass is 16.5. The number of hydrogen-bond donors (Lipinski definition) is 1. The van der Waals surface area contributed by atoms with Gasteiger partial charge in [-0.05, 0) is 80.1 Å². The van der Waals surface area contributed by atoms with E-state index in [1.165, 1.54) is 36.9 Å². The number of piperidine rings is 2. The standard InChI is InChI=1S/C30H36N4O4/c35-28-12-11-27(29(36)31-28)34-19-22-17-25(9-10-26(22)30(34)37)38-20-24-7-1-2-15-33(24)18-21-6-5-8-23(16-21)32-13-3-4-14-32/h5-6,8-10,16-17,24,27H,1-4,7,11-15,18-20H2,(H,31,35,36)/t24-,27?/m1/s1. The van der Waals surface area contributed by atoms with Crippen molar-refractivity contribution in [3.05, 3.63) is 59.2 Å². The molecule has 2 atom stereocenters. The summed E-state index contributed by atoms with van der Waals surface area (Å²) in [5, 5.41) is 2.36. The zero-order valence-electron chi connectivity index (χ0n) is 21.9. The zero-order chi connectivity index (χ0) is 26.1. The number of benzene rings is 2. The van der Waals surface area contributed by atoms with Crippen LogP contribution < -0.4 is 15.0 Å². The SMILES string of the molecule is O=C1CCC(N2Cc3cc(OC[C@H]4CCCCN4Cc4cccc(N5CCCC5)c4)ccc3C2=O)C(=O)N1. The number of hydrogen-bond acceptors (Lipinski definition) is 6. The Morgan fingerprint density at radius 1 is 0.921 bits per heavy atom. The third kappa shape index (κ3) is 5.14. The Labute approximate surface area is 223 Å². The number of fused-ring (bicyclic) bond motifs is 1. The predicted molar refractivity (Wildman–Crippen MR) is 144 cm³/mol. The molecular weight excluding hydrogens is 480 g/mol. The average Bonchev–Trinajstić information content (AvgIpc) is 3.57. The van der Waals surface area contributed by atoms with Gasteiger partial charge in [-0.3, -0.25) is 24.6 Å². The molecule has 0 bridgehead atoms. The first-order valence-electron chi connectivity index (χ1n) is 14.0. The Bertz CT molecular complexity index is 1220. The van der Waals surface area contributed by atoms with Crippen LogP contribution in [0.25, 0.3) is 0 Å². The van der Waals surface area contributed by atoms with Gasteiger partial charge in [-0.1, -0.05) is 18.6 Å². The predicted octanol–water partition coefficient (Wildman–Crippen LogP) is 3.48. The summed E-state index contributed by atoms with van der Waals surface area (Å²) in [7, 11) is 0. The highest BCUT2D eigenvalue weighted by molar-refractivity contribution is 6.05. The Morgan fingerprint density at radius 2 is 1.76 bits per heavy atom. The number of ether oxygens (including phenoxy) is 1. The van der Waals surface area contributed by atoms with Crippen LogP contribution >= 0.6 is 0 Å². The molecule has 3 saturated heterocycles. The van der Waals surface area contributed by atoms with E-state index in [2.05, 4.69) is 39.4 Å². The van der Waals surface area contributed by atoms with E-state index >= 15 is 0 Å². The lowest BCUT2D eigenvalue weighted by atomic mass is 10.0. The highest BCUT2D eigenvalue weighted by Gasteiger charge is 2.39. The Balaban J connectivity index is 1.09. The molecule has 0 spiro atoms. The third-order valence-electron chi connectivity index (χ3n) is 8.45. The second-order valence-electron chi connectivity index (χ2n) is 11.0. The van der Waals surface area contributed by atoms with Gasteiger partial charge in [-0.2, -0.15) is 0 Å². The van der Waals surface area contributed by atoms with Gasteiger partial charge in [-0.15, -0.1) is 0 Å². The summed E-state index contributed by atoms with van der Waals surface area (Å²) in [5.74, 6) is -0.0664. The van der Waals surface area contributed by atoms with E-state index < -0.39 is 6.04 Å². The first-order chi connectivity index (χ1) is 18.5. The Morgan fingerprint density at radius 3 is 2.61 bits per heavy atom. The summed E-state index contributed by atoms with van der Waals surface area (Å²) < 4.78 is 6.29. The molecule has 4 aliphatic heterocycles. The maximum absolute atomic E-state index is 13.0. The van der Waals surface area contributed by atoms with E-state index in [0.29, 0.717) is 31.2 Å². The summed E-state index contributed by atoms with van der Waals surface area (Å²) >= 11 is 0. The van der Waals surface area contributed by atoms with E-state index in [-0.39, 0.29) is 24.1 Å². The van der Waals surface area contributed by atoms with E-state index in [4.69, 9.17) is 4.74 Å². The molecule has 4 heterocycles. The molecule has 0 saturated carbocycles. The second kappa shape index (κ2) is 10.8. The summed E-state index contributed by atoms with van der Waals surface area (Å²) in [4.78, 5) is 43.4. The van der Waals surface area contributed by atoms with Crippen LogP contribution in [-0.2, 0) is 22.7 Å². The number of amides is 3. The minimum Gasteiger partial charge on any atom is -0.492 e. The van der Waals surface area contributed by atoms with Gasteiger partial charge in [0.25, 0.3) is 5.91 Å². The van der Waals surface area contributed by atoms with Crippen molar-refractivity contribution in [1.29, 1.82) is 0 Å². The number of nitrogens with one attached hydrogen (secondary N) is 1. The largest absolute Gasteiger partial charge is 0.492 e. The summed E-state index contributed by atoms with van der Waals surface area (Å²) in [6.07, 6.45) is 6.70. The molecule has 4 aliphatic rings. The van der Waals surface area contributed by atoms with Gasteiger partial charge in [-0.25, -0.2) is 0 Å². The molecular formula is C30H36N4O4. The van der Waals surface area contributed by atoms with Crippen molar-refractivity contribution in [3.8, 4) is 5.75 Å². The molecule has 1 unspecified atom stereocenters. The molecule has 200 valence electrons. The topological polar surface area (TPSA) is 82.2 Å². The van der Waals surface area contributed by atoms with Crippen molar-refractivity contribution in [2.75, 3.05) is 31.1 Å². The van der Waals surface area contributed by atoms with Crippen molar-refractivity contribution in [1.82, 2.24) is 15.1 Å². The minimum absolute atomic E-state index is 0.157.